The predicted octanol–water partition coefficient (Wildman–Crippen LogP) is 0.300. The molecule has 3 rings (SSSR count). The van der Waals surface area contributed by atoms with Crippen molar-refractivity contribution in [3.63, 3.8) is 0 Å². The lowest BCUT2D eigenvalue weighted by atomic mass is 9.97. The number of hydrogen-bond acceptors (Lipinski definition) is 6. The largest absolute Gasteiger partial charge is 0.390 e. The van der Waals surface area contributed by atoms with Crippen LogP contribution in [-0.4, -0.2) is 88.3 Å². The summed E-state index contributed by atoms with van der Waals surface area (Å²) in [7, 11) is 0. The third-order valence-corrected chi connectivity index (χ3v) is 5.04. The number of morpholine rings is 1. The predicted molar refractivity (Wildman–Crippen MR) is 91.9 cm³/mol. The van der Waals surface area contributed by atoms with Gasteiger partial charge in [0.05, 0.1) is 19.3 Å². The minimum absolute atomic E-state index is 0.280. The zero-order valence-corrected chi connectivity index (χ0v) is 15.0. The quantitative estimate of drug-likeness (QED) is 0.805. The highest BCUT2D eigenvalue weighted by molar-refractivity contribution is 4.88. The van der Waals surface area contributed by atoms with Crippen molar-refractivity contribution in [3.8, 4) is 0 Å². The molecular formula is C17H31N5O2. The van der Waals surface area contributed by atoms with E-state index in [-0.39, 0.29) is 6.10 Å². The number of aliphatic hydroxyl groups excluding tert-OH is 1. The van der Waals surface area contributed by atoms with Gasteiger partial charge in [0.15, 0.2) is 0 Å². The Balaban J connectivity index is 1.45. The monoisotopic (exact) mass is 337 g/mol. The first kappa shape index (κ1) is 17.8. The van der Waals surface area contributed by atoms with E-state index >= 15 is 0 Å². The maximum absolute atomic E-state index is 10.4. The number of ether oxygens (including phenoxy) is 1. The van der Waals surface area contributed by atoms with Gasteiger partial charge in [0, 0.05) is 39.3 Å². The molecule has 2 aliphatic rings. The van der Waals surface area contributed by atoms with Crippen LogP contribution in [0.3, 0.4) is 0 Å². The second kappa shape index (κ2) is 8.38. The molecule has 2 saturated heterocycles. The Morgan fingerprint density at radius 3 is 2.62 bits per heavy atom. The van der Waals surface area contributed by atoms with E-state index in [1.165, 1.54) is 12.8 Å². The summed E-state index contributed by atoms with van der Waals surface area (Å²) in [5.74, 6) is 2.44. The van der Waals surface area contributed by atoms with Crippen LogP contribution in [0.2, 0.25) is 0 Å². The minimum Gasteiger partial charge on any atom is -0.390 e. The molecule has 24 heavy (non-hydrogen) atoms. The fourth-order valence-electron chi connectivity index (χ4n) is 3.88. The van der Waals surface area contributed by atoms with E-state index in [9.17, 15) is 5.11 Å². The lowest BCUT2D eigenvalue weighted by Gasteiger charge is -2.35. The highest BCUT2D eigenvalue weighted by atomic mass is 16.5. The molecule has 2 fully saturated rings. The van der Waals surface area contributed by atoms with Crippen LogP contribution in [0.5, 0.6) is 0 Å². The number of aromatic nitrogens is 3. The summed E-state index contributed by atoms with van der Waals surface area (Å²) in [6.45, 7) is 12.0. The third-order valence-electron chi connectivity index (χ3n) is 5.04. The summed E-state index contributed by atoms with van der Waals surface area (Å²) >= 11 is 0. The Bertz CT molecular complexity index is 515. The fraction of sp³-hybridized carbons (Fsp3) is 0.882. The van der Waals surface area contributed by atoms with Crippen molar-refractivity contribution in [2.24, 2.45) is 5.92 Å². The standard InChI is InChI=1S/C17H31N5O2/c1-14-18-15(2)22(19-14)11-16-4-3-5-21(10-16)13-17(23)12-20-6-8-24-9-7-20/h16-17,23H,3-13H2,1-2H3/t16-,17+/m0/s1. The first-order valence-corrected chi connectivity index (χ1v) is 9.18. The molecule has 0 aromatic carbocycles. The van der Waals surface area contributed by atoms with Crippen molar-refractivity contribution in [2.45, 2.75) is 39.3 Å². The molecular weight excluding hydrogens is 306 g/mol. The van der Waals surface area contributed by atoms with Crippen LogP contribution in [0.15, 0.2) is 0 Å². The summed E-state index contributed by atoms with van der Waals surface area (Å²) in [6, 6.07) is 0. The number of aryl methyl sites for hydroxylation is 2. The highest BCUT2D eigenvalue weighted by Crippen LogP contribution is 2.19. The van der Waals surface area contributed by atoms with Gasteiger partial charge in [-0.1, -0.05) is 0 Å². The average Bonchev–Trinajstić information content (AvgIpc) is 2.86. The highest BCUT2D eigenvalue weighted by Gasteiger charge is 2.24. The fourth-order valence-corrected chi connectivity index (χ4v) is 3.88. The SMILES string of the molecule is Cc1nc(C)n(C[C@H]2CCCN(C[C@H](O)CN3CCOCC3)C2)n1. The molecule has 7 nitrogen and oxygen atoms in total. The van der Waals surface area contributed by atoms with Crippen molar-refractivity contribution in [1.29, 1.82) is 0 Å². The van der Waals surface area contributed by atoms with Gasteiger partial charge in [-0.05, 0) is 39.2 Å². The molecule has 0 saturated carbocycles. The molecule has 0 spiro atoms. The van der Waals surface area contributed by atoms with Gasteiger partial charge in [0.2, 0.25) is 0 Å². The Kier molecular flexibility index (Phi) is 6.21. The summed E-state index contributed by atoms with van der Waals surface area (Å²) in [5.41, 5.74) is 0. The average molecular weight is 337 g/mol. The van der Waals surface area contributed by atoms with E-state index in [4.69, 9.17) is 4.74 Å². The normalized spacial score (nSPS) is 25.0. The number of hydrogen-bond donors (Lipinski definition) is 1. The zero-order chi connectivity index (χ0) is 16.9. The first-order valence-electron chi connectivity index (χ1n) is 9.18. The van der Waals surface area contributed by atoms with Crippen molar-refractivity contribution < 1.29 is 9.84 Å². The van der Waals surface area contributed by atoms with Crippen LogP contribution in [0.25, 0.3) is 0 Å². The number of likely N-dealkylation sites (tertiary alicyclic amines) is 1. The van der Waals surface area contributed by atoms with E-state index < -0.39 is 0 Å². The van der Waals surface area contributed by atoms with E-state index in [0.29, 0.717) is 5.92 Å². The molecule has 136 valence electrons. The van der Waals surface area contributed by atoms with E-state index in [0.717, 1.165) is 70.7 Å². The summed E-state index contributed by atoms with van der Waals surface area (Å²) in [4.78, 5) is 9.11. The van der Waals surface area contributed by atoms with Gasteiger partial charge in [-0.3, -0.25) is 4.90 Å². The summed E-state index contributed by atoms with van der Waals surface area (Å²) in [6.07, 6.45) is 2.15. The van der Waals surface area contributed by atoms with Crippen molar-refractivity contribution in [1.82, 2.24) is 24.6 Å². The third kappa shape index (κ3) is 4.99. The first-order chi connectivity index (χ1) is 11.6. The maximum atomic E-state index is 10.4. The molecule has 0 aliphatic carbocycles. The topological polar surface area (TPSA) is 66.7 Å². The van der Waals surface area contributed by atoms with Gasteiger partial charge < -0.3 is 14.7 Å². The van der Waals surface area contributed by atoms with Crippen molar-refractivity contribution >= 4 is 0 Å². The molecule has 1 aromatic rings. The second-order valence-electron chi connectivity index (χ2n) is 7.22. The van der Waals surface area contributed by atoms with Crippen molar-refractivity contribution in [3.05, 3.63) is 11.6 Å². The lowest BCUT2D eigenvalue weighted by Crippen LogP contribution is -2.47. The maximum Gasteiger partial charge on any atom is 0.147 e. The van der Waals surface area contributed by atoms with Gasteiger partial charge in [0.1, 0.15) is 11.6 Å². The summed E-state index contributed by atoms with van der Waals surface area (Å²) in [5, 5.41) is 14.9. The smallest absolute Gasteiger partial charge is 0.147 e. The van der Waals surface area contributed by atoms with Crippen LogP contribution in [0.4, 0.5) is 0 Å². The molecule has 0 unspecified atom stereocenters. The van der Waals surface area contributed by atoms with Crippen LogP contribution >= 0.6 is 0 Å². The van der Waals surface area contributed by atoms with Gasteiger partial charge in [-0.2, -0.15) is 5.10 Å². The van der Waals surface area contributed by atoms with Crippen LogP contribution < -0.4 is 0 Å². The Labute approximate surface area is 144 Å². The molecule has 0 bridgehead atoms. The molecule has 0 radical (unpaired) electrons. The zero-order valence-electron chi connectivity index (χ0n) is 15.0. The van der Waals surface area contributed by atoms with E-state index in [1.54, 1.807) is 0 Å². The molecule has 3 heterocycles. The Morgan fingerprint density at radius 2 is 1.92 bits per heavy atom. The number of piperidine rings is 1. The molecule has 1 aromatic heterocycles. The molecule has 2 atom stereocenters. The van der Waals surface area contributed by atoms with Crippen LogP contribution in [0.1, 0.15) is 24.5 Å². The minimum atomic E-state index is -0.280. The number of aliphatic hydroxyl groups is 1. The molecule has 1 N–H and O–H groups in total. The Hall–Kier alpha value is -1.02. The number of nitrogens with zero attached hydrogens (tertiary/aromatic N) is 5. The van der Waals surface area contributed by atoms with E-state index in [1.807, 2.05) is 18.5 Å². The van der Waals surface area contributed by atoms with Gasteiger partial charge in [-0.15, -0.1) is 0 Å². The number of β-amino-alcohol motifs (C(OH)–C–C–N with tert-alkyl or cyclic N) is 1. The van der Waals surface area contributed by atoms with Gasteiger partial charge in [0.25, 0.3) is 0 Å². The van der Waals surface area contributed by atoms with E-state index in [2.05, 4.69) is 19.9 Å². The number of rotatable bonds is 6. The van der Waals surface area contributed by atoms with Crippen LogP contribution in [-0.2, 0) is 11.3 Å². The molecule has 0 amide bonds. The van der Waals surface area contributed by atoms with Gasteiger partial charge in [-0.25, -0.2) is 9.67 Å². The van der Waals surface area contributed by atoms with Gasteiger partial charge >= 0.3 is 0 Å². The molecule has 7 heteroatoms. The van der Waals surface area contributed by atoms with Crippen LogP contribution in [0, 0.1) is 19.8 Å². The summed E-state index contributed by atoms with van der Waals surface area (Å²) < 4.78 is 7.40. The second-order valence-corrected chi connectivity index (χ2v) is 7.22. The van der Waals surface area contributed by atoms with Crippen molar-refractivity contribution in [2.75, 3.05) is 52.5 Å². The Morgan fingerprint density at radius 1 is 1.17 bits per heavy atom. The molecule has 2 aliphatic heterocycles. The lowest BCUT2D eigenvalue weighted by molar-refractivity contribution is 0.00290.